The molecule has 21 heavy (non-hydrogen) atoms. The molecule has 2 heterocycles. The van der Waals surface area contributed by atoms with Crippen molar-refractivity contribution in [3.8, 4) is 5.75 Å². The SMILES string of the molecule is COc1ccc(NC2CCN3CCCCC23)cc1[N+](=O)[O-]. The van der Waals surface area contributed by atoms with Gasteiger partial charge in [-0.1, -0.05) is 6.42 Å². The molecule has 114 valence electrons. The van der Waals surface area contributed by atoms with E-state index in [9.17, 15) is 10.1 Å². The Morgan fingerprint density at radius 3 is 2.95 bits per heavy atom. The highest BCUT2D eigenvalue weighted by molar-refractivity contribution is 5.59. The largest absolute Gasteiger partial charge is 0.490 e. The highest BCUT2D eigenvalue weighted by Gasteiger charge is 2.35. The number of rotatable bonds is 4. The average Bonchev–Trinajstić information content (AvgIpc) is 2.90. The number of benzene rings is 1. The summed E-state index contributed by atoms with van der Waals surface area (Å²) in [6.45, 7) is 2.31. The quantitative estimate of drug-likeness (QED) is 0.682. The minimum absolute atomic E-state index is 0.0148. The third-order valence-electron chi connectivity index (χ3n) is 4.58. The number of hydrogen-bond donors (Lipinski definition) is 1. The van der Waals surface area contributed by atoms with Crippen LogP contribution in [0.15, 0.2) is 18.2 Å². The van der Waals surface area contributed by atoms with Gasteiger partial charge in [0.15, 0.2) is 5.75 Å². The van der Waals surface area contributed by atoms with Gasteiger partial charge in [-0.2, -0.15) is 0 Å². The molecule has 1 N–H and O–H groups in total. The number of hydrogen-bond acceptors (Lipinski definition) is 5. The van der Waals surface area contributed by atoms with Crippen molar-refractivity contribution in [1.29, 1.82) is 0 Å². The smallest absolute Gasteiger partial charge is 0.312 e. The Kier molecular flexibility index (Phi) is 3.96. The fraction of sp³-hybridized carbons (Fsp3) is 0.600. The van der Waals surface area contributed by atoms with Crippen LogP contribution in [-0.4, -0.2) is 42.1 Å². The standard InChI is InChI=1S/C15H21N3O3/c1-21-15-6-5-11(10-14(15)18(19)20)16-12-7-9-17-8-3-2-4-13(12)17/h5-6,10,12-13,16H,2-4,7-9H2,1H3. The number of piperidine rings is 1. The van der Waals surface area contributed by atoms with Gasteiger partial charge in [-0.3, -0.25) is 15.0 Å². The number of nitrogens with one attached hydrogen (secondary N) is 1. The first kappa shape index (κ1) is 14.1. The average molecular weight is 291 g/mol. The van der Waals surface area contributed by atoms with Crippen LogP contribution in [-0.2, 0) is 0 Å². The highest BCUT2D eigenvalue weighted by atomic mass is 16.6. The molecule has 6 heteroatoms. The van der Waals surface area contributed by atoms with Crippen molar-refractivity contribution in [3.05, 3.63) is 28.3 Å². The molecule has 2 saturated heterocycles. The van der Waals surface area contributed by atoms with Crippen LogP contribution in [0.1, 0.15) is 25.7 Å². The Labute approximate surface area is 124 Å². The van der Waals surface area contributed by atoms with Gasteiger partial charge in [-0.25, -0.2) is 0 Å². The van der Waals surface area contributed by atoms with Crippen LogP contribution in [0, 0.1) is 10.1 Å². The molecule has 0 amide bonds. The minimum atomic E-state index is -0.397. The lowest BCUT2D eigenvalue weighted by molar-refractivity contribution is -0.385. The van der Waals surface area contributed by atoms with E-state index in [2.05, 4.69) is 10.2 Å². The second kappa shape index (κ2) is 5.89. The third-order valence-corrected chi connectivity index (χ3v) is 4.58. The van der Waals surface area contributed by atoms with Crippen LogP contribution in [0.4, 0.5) is 11.4 Å². The number of methoxy groups -OCH3 is 1. The van der Waals surface area contributed by atoms with Crippen molar-refractivity contribution >= 4 is 11.4 Å². The lowest BCUT2D eigenvalue weighted by Crippen LogP contribution is -2.41. The number of anilines is 1. The van der Waals surface area contributed by atoms with E-state index >= 15 is 0 Å². The van der Waals surface area contributed by atoms with Crippen LogP contribution in [0.25, 0.3) is 0 Å². The van der Waals surface area contributed by atoms with Crippen molar-refractivity contribution in [2.75, 3.05) is 25.5 Å². The normalized spacial score (nSPS) is 25.4. The van der Waals surface area contributed by atoms with Crippen molar-refractivity contribution in [2.24, 2.45) is 0 Å². The molecule has 6 nitrogen and oxygen atoms in total. The van der Waals surface area contributed by atoms with Crippen LogP contribution in [0.5, 0.6) is 5.75 Å². The lowest BCUT2D eigenvalue weighted by Gasteiger charge is -2.32. The maximum Gasteiger partial charge on any atom is 0.312 e. The molecule has 0 aliphatic carbocycles. The zero-order valence-electron chi connectivity index (χ0n) is 12.2. The van der Waals surface area contributed by atoms with Crippen LogP contribution >= 0.6 is 0 Å². The first-order valence-corrected chi connectivity index (χ1v) is 7.52. The zero-order valence-corrected chi connectivity index (χ0v) is 12.2. The molecule has 2 aliphatic rings. The highest BCUT2D eigenvalue weighted by Crippen LogP contribution is 2.33. The van der Waals surface area contributed by atoms with E-state index in [0.29, 0.717) is 17.8 Å². The van der Waals surface area contributed by atoms with Crippen molar-refractivity contribution < 1.29 is 9.66 Å². The van der Waals surface area contributed by atoms with Crippen molar-refractivity contribution in [2.45, 2.75) is 37.8 Å². The summed E-state index contributed by atoms with van der Waals surface area (Å²) in [5.41, 5.74) is 0.820. The maximum absolute atomic E-state index is 11.1. The Bertz CT molecular complexity index is 535. The molecule has 1 aromatic carbocycles. The van der Waals surface area contributed by atoms with Crippen LogP contribution < -0.4 is 10.1 Å². The third kappa shape index (κ3) is 2.81. The number of nitrogens with zero attached hydrogens (tertiary/aromatic N) is 2. The van der Waals surface area contributed by atoms with Crippen LogP contribution in [0.2, 0.25) is 0 Å². The molecule has 2 unspecified atom stereocenters. The van der Waals surface area contributed by atoms with E-state index < -0.39 is 4.92 Å². The summed E-state index contributed by atoms with van der Waals surface area (Å²) >= 11 is 0. The summed E-state index contributed by atoms with van der Waals surface area (Å²) in [6, 6.07) is 6.05. The van der Waals surface area contributed by atoms with Gasteiger partial charge in [0.25, 0.3) is 0 Å². The minimum Gasteiger partial charge on any atom is -0.490 e. The fourth-order valence-electron chi connectivity index (χ4n) is 3.55. The number of nitro groups is 1. The van der Waals surface area contributed by atoms with E-state index in [0.717, 1.165) is 18.7 Å². The second-order valence-corrected chi connectivity index (χ2v) is 5.78. The summed E-state index contributed by atoms with van der Waals surface area (Å²) in [6.07, 6.45) is 4.89. The summed E-state index contributed by atoms with van der Waals surface area (Å²) in [5, 5.41) is 14.6. The van der Waals surface area contributed by atoms with E-state index in [1.165, 1.54) is 32.9 Å². The fourth-order valence-corrected chi connectivity index (χ4v) is 3.55. The molecule has 0 aromatic heterocycles. The summed E-state index contributed by atoms with van der Waals surface area (Å²) in [4.78, 5) is 13.2. The van der Waals surface area contributed by atoms with E-state index in [4.69, 9.17) is 4.74 Å². The first-order chi connectivity index (χ1) is 10.2. The van der Waals surface area contributed by atoms with Crippen LogP contribution in [0.3, 0.4) is 0 Å². The maximum atomic E-state index is 11.1. The lowest BCUT2D eigenvalue weighted by atomic mass is 9.99. The van der Waals surface area contributed by atoms with Gasteiger partial charge in [0.2, 0.25) is 0 Å². The predicted molar refractivity (Wildman–Crippen MR) is 80.9 cm³/mol. The van der Waals surface area contributed by atoms with E-state index in [1.807, 2.05) is 6.07 Å². The van der Waals surface area contributed by atoms with E-state index in [1.54, 1.807) is 12.1 Å². The number of nitro benzene ring substituents is 1. The molecule has 2 aliphatic heterocycles. The van der Waals surface area contributed by atoms with Gasteiger partial charge in [0.1, 0.15) is 0 Å². The Hall–Kier alpha value is -1.82. The molecule has 0 spiro atoms. The van der Waals surface area contributed by atoms with Crippen molar-refractivity contribution in [3.63, 3.8) is 0 Å². The first-order valence-electron chi connectivity index (χ1n) is 7.52. The monoisotopic (exact) mass is 291 g/mol. The molecular weight excluding hydrogens is 270 g/mol. The van der Waals surface area contributed by atoms with Gasteiger partial charge in [-0.05, 0) is 37.9 Å². The number of ether oxygens (including phenoxy) is 1. The molecule has 0 radical (unpaired) electrons. The summed E-state index contributed by atoms with van der Waals surface area (Å²) in [7, 11) is 1.45. The molecule has 2 fully saturated rings. The van der Waals surface area contributed by atoms with Gasteiger partial charge in [-0.15, -0.1) is 0 Å². The molecule has 0 saturated carbocycles. The van der Waals surface area contributed by atoms with Gasteiger partial charge in [0, 0.05) is 30.4 Å². The second-order valence-electron chi connectivity index (χ2n) is 5.78. The van der Waals surface area contributed by atoms with Gasteiger partial charge in [0.05, 0.1) is 12.0 Å². The zero-order chi connectivity index (χ0) is 14.8. The molecule has 2 atom stereocenters. The molecule has 3 rings (SSSR count). The molecular formula is C15H21N3O3. The number of fused-ring (bicyclic) bond motifs is 1. The Balaban J connectivity index is 1.76. The summed E-state index contributed by atoms with van der Waals surface area (Å²) in [5.74, 6) is 0.302. The molecule has 0 bridgehead atoms. The summed E-state index contributed by atoms with van der Waals surface area (Å²) < 4.78 is 5.04. The topological polar surface area (TPSA) is 67.6 Å². The van der Waals surface area contributed by atoms with E-state index in [-0.39, 0.29) is 5.69 Å². The predicted octanol–water partition coefficient (Wildman–Crippen LogP) is 2.64. The Morgan fingerprint density at radius 1 is 1.33 bits per heavy atom. The molecule has 1 aromatic rings. The van der Waals surface area contributed by atoms with Gasteiger partial charge < -0.3 is 10.1 Å². The Morgan fingerprint density at radius 2 is 2.19 bits per heavy atom. The van der Waals surface area contributed by atoms with Crippen molar-refractivity contribution in [1.82, 2.24) is 4.90 Å². The van der Waals surface area contributed by atoms with Gasteiger partial charge >= 0.3 is 5.69 Å².